The minimum atomic E-state index is -1.14. The topological polar surface area (TPSA) is 108 Å². The molecule has 3 N–H and O–H groups in total. The van der Waals surface area contributed by atoms with Crippen LogP contribution in [0.15, 0.2) is 47.2 Å². The van der Waals surface area contributed by atoms with E-state index < -0.39 is 17.9 Å². The lowest BCUT2D eigenvalue weighted by atomic mass is 10.1. The third kappa shape index (κ3) is 5.39. The first-order valence-electron chi connectivity index (χ1n) is 7.37. The number of anilines is 1. The number of benzene rings is 1. The number of carboxylic acid groups (broad SMARTS) is 1. The van der Waals surface area contributed by atoms with Gasteiger partial charge < -0.3 is 15.7 Å². The average Bonchev–Trinajstić information content (AvgIpc) is 2.56. The number of rotatable bonds is 6. The summed E-state index contributed by atoms with van der Waals surface area (Å²) in [6.07, 6.45) is 1.68. The number of halogens is 1. The number of nitrogens with one attached hydrogen (secondary N) is 2. The SMILES string of the molecule is CC(=O)Nc1ccc(C(=O)N[C@H](Cc2cccnc2Br)C(=O)O)cc1. The monoisotopic (exact) mass is 405 g/mol. The number of aromatic nitrogens is 1. The Balaban J connectivity index is 2.08. The van der Waals surface area contributed by atoms with Gasteiger partial charge in [0, 0.05) is 30.8 Å². The smallest absolute Gasteiger partial charge is 0.326 e. The lowest BCUT2D eigenvalue weighted by molar-refractivity contribution is -0.139. The summed E-state index contributed by atoms with van der Waals surface area (Å²) >= 11 is 3.26. The second-order valence-corrected chi connectivity index (χ2v) is 6.03. The third-order valence-electron chi connectivity index (χ3n) is 3.33. The van der Waals surface area contributed by atoms with Crippen LogP contribution in [0.25, 0.3) is 0 Å². The van der Waals surface area contributed by atoms with Crippen LogP contribution in [-0.2, 0) is 16.0 Å². The second-order valence-electron chi connectivity index (χ2n) is 5.28. The van der Waals surface area contributed by atoms with E-state index in [9.17, 15) is 19.5 Å². The van der Waals surface area contributed by atoms with E-state index in [2.05, 4.69) is 31.5 Å². The molecule has 130 valence electrons. The Morgan fingerprint density at radius 1 is 1.20 bits per heavy atom. The van der Waals surface area contributed by atoms with Crippen molar-refractivity contribution in [3.8, 4) is 0 Å². The zero-order valence-electron chi connectivity index (χ0n) is 13.3. The molecule has 2 rings (SSSR count). The number of aliphatic carboxylic acids is 1. The third-order valence-corrected chi connectivity index (χ3v) is 4.05. The fraction of sp³-hybridized carbons (Fsp3) is 0.176. The van der Waals surface area contributed by atoms with Gasteiger partial charge >= 0.3 is 5.97 Å². The Morgan fingerprint density at radius 3 is 2.44 bits per heavy atom. The van der Waals surface area contributed by atoms with Gasteiger partial charge in [-0.1, -0.05) is 6.07 Å². The number of hydrogen-bond acceptors (Lipinski definition) is 4. The standard InChI is InChI=1S/C17H16BrN3O4/c1-10(22)20-13-6-4-11(5-7-13)16(23)21-14(17(24)25)9-12-3-2-8-19-15(12)18/h2-8,14H,9H2,1H3,(H,20,22)(H,21,23)(H,24,25)/t14-/m1/s1. The summed E-state index contributed by atoms with van der Waals surface area (Å²) < 4.78 is 0.537. The van der Waals surface area contributed by atoms with Crippen LogP contribution in [0.3, 0.4) is 0 Å². The van der Waals surface area contributed by atoms with Crippen molar-refractivity contribution in [2.75, 3.05) is 5.32 Å². The number of carboxylic acids is 1. The maximum atomic E-state index is 12.3. The molecule has 1 aromatic carbocycles. The highest BCUT2D eigenvalue weighted by molar-refractivity contribution is 9.10. The van der Waals surface area contributed by atoms with Crippen molar-refractivity contribution >= 4 is 39.4 Å². The molecular formula is C17H16BrN3O4. The molecule has 2 aromatic rings. The van der Waals surface area contributed by atoms with E-state index in [0.717, 1.165) is 0 Å². The van der Waals surface area contributed by atoms with Crippen molar-refractivity contribution in [1.82, 2.24) is 10.3 Å². The summed E-state index contributed by atoms with van der Waals surface area (Å²) in [5, 5.41) is 14.5. The van der Waals surface area contributed by atoms with Gasteiger partial charge in [0.05, 0.1) is 0 Å². The second kappa shape index (κ2) is 8.39. The molecular weight excluding hydrogens is 390 g/mol. The summed E-state index contributed by atoms with van der Waals surface area (Å²) in [5.74, 6) is -1.87. The van der Waals surface area contributed by atoms with E-state index in [0.29, 0.717) is 21.4 Å². The summed E-state index contributed by atoms with van der Waals surface area (Å²) in [5.41, 5.74) is 1.53. The van der Waals surface area contributed by atoms with Crippen molar-refractivity contribution in [3.05, 3.63) is 58.3 Å². The number of carbonyl (C=O) groups excluding carboxylic acids is 2. The Kier molecular flexibility index (Phi) is 6.24. The number of carbonyl (C=O) groups is 3. The normalized spacial score (nSPS) is 11.4. The van der Waals surface area contributed by atoms with Gasteiger partial charge in [-0.25, -0.2) is 9.78 Å². The summed E-state index contributed by atoms with van der Waals surface area (Å²) in [4.78, 5) is 38.8. The number of pyridine rings is 1. The van der Waals surface area contributed by atoms with Crippen LogP contribution in [0.2, 0.25) is 0 Å². The number of amides is 2. The summed E-state index contributed by atoms with van der Waals surface area (Å²) in [6, 6.07) is 8.51. The largest absolute Gasteiger partial charge is 0.480 e. The minimum Gasteiger partial charge on any atom is -0.480 e. The molecule has 1 aromatic heterocycles. The first-order valence-corrected chi connectivity index (χ1v) is 8.17. The van der Waals surface area contributed by atoms with Gasteiger partial charge in [-0.15, -0.1) is 0 Å². The van der Waals surface area contributed by atoms with Crippen LogP contribution in [0.4, 0.5) is 5.69 Å². The van der Waals surface area contributed by atoms with E-state index in [1.165, 1.54) is 19.1 Å². The van der Waals surface area contributed by atoms with Crippen molar-refractivity contribution in [2.45, 2.75) is 19.4 Å². The van der Waals surface area contributed by atoms with Crippen LogP contribution in [0.5, 0.6) is 0 Å². The van der Waals surface area contributed by atoms with Crippen LogP contribution in [-0.4, -0.2) is 33.9 Å². The van der Waals surface area contributed by atoms with E-state index in [4.69, 9.17) is 0 Å². The van der Waals surface area contributed by atoms with Crippen LogP contribution < -0.4 is 10.6 Å². The molecule has 1 atom stereocenters. The van der Waals surface area contributed by atoms with E-state index in [1.807, 2.05) is 0 Å². The summed E-state index contributed by atoms with van der Waals surface area (Å²) in [6.45, 7) is 1.38. The van der Waals surface area contributed by atoms with E-state index in [1.54, 1.807) is 30.5 Å². The van der Waals surface area contributed by atoms with Gasteiger partial charge in [-0.2, -0.15) is 0 Å². The predicted octanol–water partition coefficient (Wildman–Crippen LogP) is 2.23. The molecule has 1 heterocycles. The highest BCUT2D eigenvalue weighted by atomic mass is 79.9. The molecule has 0 fully saturated rings. The molecule has 8 heteroatoms. The molecule has 0 radical (unpaired) electrons. The molecule has 0 unspecified atom stereocenters. The quantitative estimate of drug-likeness (QED) is 0.638. The fourth-order valence-electron chi connectivity index (χ4n) is 2.14. The molecule has 0 bridgehead atoms. The van der Waals surface area contributed by atoms with Gasteiger partial charge in [0.25, 0.3) is 5.91 Å². The number of nitrogens with zero attached hydrogens (tertiary/aromatic N) is 1. The lowest BCUT2D eigenvalue weighted by Gasteiger charge is -2.15. The Labute approximate surface area is 152 Å². The zero-order valence-corrected chi connectivity index (χ0v) is 14.9. The highest BCUT2D eigenvalue weighted by Gasteiger charge is 2.22. The van der Waals surface area contributed by atoms with Crippen LogP contribution >= 0.6 is 15.9 Å². The lowest BCUT2D eigenvalue weighted by Crippen LogP contribution is -2.42. The van der Waals surface area contributed by atoms with Gasteiger partial charge in [0.2, 0.25) is 5.91 Å². The number of hydrogen-bond donors (Lipinski definition) is 3. The van der Waals surface area contributed by atoms with Gasteiger partial charge in [-0.05, 0) is 51.8 Å². The molecule has 0 spiro atoms. The summed E-state index contributed by atoms with van der Waals surface area (Å²) in [7, 11) is 0. The molecule has 0 aliphatic carbocycles. The molecule has 2 amide bonds. The van der Waals surface area contributed by atoms with Crippen molar-refractivity contribution < 1.29 is 19.5 Å². The maximum absolute atomic E-state index is 12.3. The molecule has 0 saturated carbocycles. The van der Waals surface area contributed by atoms with Crippen LogP contribution in [0.1, 0.15) is 22.8 Å². The Bertz CT molecular complexity index is 793. The Hall–Kier alpha value is -2.74. The predicted molar refractivity (Wildman–Crippen MR) is 95.3 cm³/mol. The van der Waals surface area contributed by atoms with Crippen LogP contribution in [0, 0.1) is 0 Å². The minimum absolute atomic E-state index is 0.0967. The fourth-order valence-corrected chi connectivity index (χ4v) is 2.55. The van der Waals surface area contributed by atoms with E-state index >= 15 is 0 Å². The van der Waals surface area contributed by atoms with Crippen molar-refractivity contribution in [3.63, 3.8) is 0 Å². The average molecular weight is 406 g/mol. The van der Waals surface area contributed by atoms with Gasteiger partial charge in [0.1, 0.15) is 10.6 Å². The first-order chi connectivity index (χ1) is 11.9. The van der Waals surface area contributed by atoms with Gasteiger partial charge in [0.15, 0.2) is 0 Å². The molecule has 7 nitrogen and oxygen atoms in total. The molecule has 25 heavy (non-hydrogen) atoms. The molecule has 0 aliphatic rings. The zero-order chi connectivity index (χ0) is 18.4. The maximum Gasteiger partial charge on any atom is 0.326 e. The first kappa shape index (κ1) is 18.6. The Morgan fingerprint density at radius 2 is 1.88 bits per heavy atom. The van der Waals surface area contributed by atoms with Gasteiger partial charge in [-0.3, -0.25) is 9.59 Å². The molecule has 0 aliphatic heterocycles. The van der Waals surface area contributed by atoms with Crippen molar-refractivity contribution in [2.24, 2.45) is 0 Å². The van der Waals surface area contributed by atoms with E-state index in [-0.39, 0.29) is 12.3 Å². The highest BCUT2D eigenvalue weighted by Crippen LogP contribution is 2.15. The van der Waals surface area contributed by atoms with Crippen molar-refractivity contribution in [1.29, 1.82) is 0 Å². The molecule has 0 saturated heterocycles.